The number of aryl methyl sites for hydroxylation is 1. The Bertz CT molecular complexity index is 635. The minimum atomic E-state index is -0.862. The summed E-state index contributed by atoms with van der Waals surface area (Å²) in [6, 6.07) is 12.2. The van der Waals surface area contributed by atoms with Gasteiger partial charge in [0.05, 0.1) is 5.92 Å². The maximum Gasteiger partial charge on any atom is 0.307 e. The molecule has 110 valence electrons. The Morgan fingerprint density at radius 2 is 1.95 bits per heavy atom. The van der Waals surface area contributed by atoms with Gasteiger partial charge in [0.2, 0.25) is 0 Å². The van der Waals surface area contributed by atoms with Crippen molar-refractivity contribution in [1.29, 1.82) is 0 Å². The van der Waals surface area contributed by atoms with E-state index in [-0.39, 0.29) is 5.82 Å². The zero-order valence-electron chi connectivity index (χ0n) is 11.6. The third kappa shape index (κ3) is 4.39. The number of aliphatic carboxylic acids is 1. The quantitative estimate of drug-likeness (QED) is 0.868. The lowest BCUT2D eigenvalue weighted by atomic mass is 9.91. The van der Waals surface area contributed by atoms with Crippen LogP contribution < -0.4 is 0 Å². The maximum absolute atomic E-state index is 13.4. The highest BCUT2D eigenvalue weighted by Gasteiger charge is 2.20. The van der Waals surface area contributed by atoms with E-state index in [1.54, 1.807) is 6.07 Å². The summed E-state index contributed by atoms with van der Waals surface area (Å²) in [5.74, 6) is -1.79. The molecule has 0 saturated heterocycles. The van der Waals surface area contributed by atoms with E-state index in [9.17, 15) is 14.3 Å². The van der Waals surface area contributed by atoms with Gasteiger partial charge in [0.15, 0.2) is 0 Å². The number of benzene rings is 2. The Labute approximate surface area is 131 Å². The van der Waals surface area contributed by atoms with Crippen molar-refractivity contribution in [1.82, 2.24) is 0 Å². The molecule has 0 amide bonds. The fourth-order valence-electron chi connectivity index (χ4n) is 2.36. The highest BCUT2D eigenvalue weighted by atomic mass is 79.9. The van der Waals surface area contributed by atoms with E-state index in [1.807, 2.05) is 31.2 Å². The topological polar surface area (TPSA) is 37.3 Å². The lowest BCUT2D eigenvalue weighted by Gasteiger charge is -2.14. The van der Waals surface area contributed by atoms with Crippen LogP contribution in [-0.2, 0) is 17.6 Å². The van der Waals surface area contributed by atoms with Gasteiger partial charge in [-0.1, -0.05) is 40.2 Å². The van der Waals surface area contributed by atoms with E-state index in [0.29, 0.717) is 22.9 Å². The van der Waals surface area contributed by atoms with Crippen LogP contribution in [0.25, 0.3) is 0 Å². The van der Waals surface area contributed by atoms with E-state index in [4.69, 9.17) is 0 Å². The first-order chi connectivity index (χ1) is 9.95. The standard InChI is InChI=1S/C17H16BrFO2/c1-11-4-2-3-5-13(11)9-14(17(20)21)6-12-7-15(18)10-16(19)8-12/h2-5,7-8,10,14H,6,9H2,1H3,(H,20,21). The molecular formula is C17H16BrFO2. The second kappa shape index (κ2) is 6.85. The van der Waals surface area contributed by atoms with Gasteiger partial charge < -0.3 is 5.11 Å². The summed E-state index contributed by atoms with van der Waals surface area (Å²) in [6.45, 7) is 1.97. The van der Waals surface area contributed by atoms with Crippen LogP contribution >= 0.6 is 15.9 Å². The molecule has 0 spiro atoms. The summed E-state index contributed by atoms with van der Waals surface area (Å²) < 4.78 is 14.0. The number of rotatable bonds is 5. The number of hydrogen-bond acceptors (Lipinski definition) is 1. The normalized spacial score (nSPS) is 12.1. The van der Waals surface area contributed by atoms with Crippen LogP contribution in [0.3, 0.4) is 0 Å². The summed E-state index contributed by atoms with van der Waals surface area (Å²) in [5.41, 5.74) is 2.77. The first-order valence-electron chi connectivity index (χ1n) is 6.68. The Morgan fingerprint density at radius 3 is 2.57 bits per heavy atom. The Balaban J connectivity index is 2.20. The number of carbonyl (C=O) groups is 1. The smallest absolute Gasteiger partial charge is 0.307 e. The lowest BCUT2D eigenvalue weighted by Crippen LogP contribution is -2.19. The van der Waals surface area contributed by atoms with E-state index in [1.165, 1.54) is 12.1 Å². The van der Waals surface area contributed by atoms with Gasteiger partial charge in [-0.3, -0.25) is 4.79 Å². The minimum absolute atomic E-state index is 0.306. The van der Waals surface area contributed by atoms with Gasteiger partial charge in [-0.2, -0.15) is 0 Å². The Morgan fingerprint density at radius 1 is 1.24 bits per heavy atom. The highest BCUT2D eigenvalue weighted by Crippen LogP contribution is 2.21. The van der Waals surface area contributed by atoms with Crippen LogP contribution in [0.5, 0.6) is 0 Å². The Hall–Kier alpha value is -1.68. The number of carboxylic acids is 1. The van der Waals surface area contributed by atoms with Crippen molar-refractivity contribution < 1.29 is 14.3 Å². The molecule has 0 fully saturated rings. The van der Waals surface area contributed by atoms with Crippen LogP contribution in [0.1, 0.15) is 16.7 Å². The predicted octanol–water partition coefficient (Wildman–Crippen LogP) is 4.38. The second-order valence-electron chi connectivity index (χ2n) is 5.15. The minimum Gasteiger partial charge on any atom is -0.481 e. The fourth-order valence-corrected chi connectivity index (χ4v) is 2.88. The number of carboxylic acid groups (broad SMARTS) is 1. The summed E-state index contributed by atoms with van der Waals surface area (Å²) in [4.78, 5) is 11.5. The van der Waals surface area contributed by atoms with Crippen molar-refractivity contribution >= 4 is 21.9 Å². The highest BCUT2D eigenvalue weighted by molar-refractivity contribution is 9.10. The first kappa shape index (κ1) is 15.7. The van der Waals surface area contributed by atoms with Crippen molar-refractivity contribution in [2.24, 2.45) is 5.92 Å². The summed E-state index contributed by atoms with van der Waals surface area (Å²) >= 11 is 3.23. The predicted molar refractivity (Wildman–Crippen MR) is 83.8 cm³/mol. The summed E-state index contributed by atoms with van der Waals surface area (Å²) in [5, 5.41) is 9.42. The van der Waals surface area contributed by atoms with Crippen molar-refractivity contribution in [3.63, 3.8) is 0 Å². The molecule has 0 aliphatic rings. The molecule has 0 aromatic heterocycles. The van der Waals surface area contributed by atoms with Gasteiger partial charge in [-0.05, 0) is 54.7 Å². The van der Waals surface area contributed by atoms with Crippen LogP contribution in [0.15, 0.2) is 46.9 Å². The third-order valence-corrected chi connectivity index (χ3v) is 3.94. The molecule has 0 radical (unpaired) electrons. The van der Waals surface area contributed by atoms with Crippen molar-refractivity contribution in [2.45, 2.75) is 19.8 Å². The molecule has 2 aromatic carbocycles. The molecule has 2 aromatic rings. The lowest BCUT2D eigenvalue weighted by molar-refractivity contribution is -0.141. The number of halogens is 2. The molecule has 0 aliphatic heterocycles. The zero-order valence-corrected chi connectivity index (χ0v) is 13.2. The van der Waals surface area contributed by atoms with Gasteiger partial charge in [0.25, 0.3) is 0 Å². The van der Waals surface area contributed by atoms with Crippen LogP contribution in [0, 0.1) is 18.7 Å². The van der Waals surface area contributed by atoms with E-state index >= 15 is 0 Å². The van der Waals surface area contributed by atoms with Gasteiger partial charge in [0.1, 0.15) is 5.82 Å². The molecule has 0 aliphatic carbocycles. The van der Waals surface area contributed by atoms with Crippen molar-refractivity contribution in [3.05, 3.63) is 69.4 Å². The van der Waals surface area contributed by atoms with Gasteiger partial charge in [-0.25, -0.2) is 4.39 Å². The molecule has 1 unspecified atom stereocenters. The van der Waals surface area contributed by atoms with Crippen molar-refractivity contribution in [3.8, 4) is 0 Å². The van der Waals surface area contributed by atoms with Crippen LogP contribution in [-0.4, -0.2) is 11.1 Å². The SMILES string of the molecule is Cc1ccccc1CC(Cc1cc(F)cc(Br)c1)C(=O)O. The van der Waals surface area contributed by atoms with Gasteiger partial charge in [0, 0.05) is 4.47 Å². The molecule has 4 heteroatoms. The average molecular weight is 351 g/mol. The zero-order chi connectivity index (χ0) is 15.4. The molecule has 2 rings (SSSR count). The largest absolute Gasteiger partial charge is 0.481 e. The molecule has 0 saturated carbocycles. The molecule has 0 heterocycles. The second-order valence-corrected chi connectivity index (χ2v) is 6.06. The fraction of sp³-hybridized carbons (Fsp3) is 0.235. The molecule has 2 nitrogen and oxygen atoms in total. The van der Waals surface area contributed by atoms with Crippen molar-refractivity contribution in [2.75, 3.05) is 0 Å². The number of hydrogen-bond donors (Lipinski definition) is 1. The summed E-state index contributed by atoms with van der Waals surface area (Å²) in [6.07, 6.45) is 0.746. The van der Waals surface area contributed by atoms with Crippen LogP contribution in [0.4, 0.5) is 4.39 Å². The Kier molecular flexibility index (Phi) is 5.12. The molecule has 1 atom stereocenters. The molecule has 21 heavy (non-hydrogen) atoms. The summed E-state index contributed by atoms with van der Waals surface area (Å²) in [7, 11) is 0. The van der Waals surface area contributed by atoms with Gasteiger partial charge >= 0.3 is 5.97 Å². The van der Waals surface area contributed by atoms with E-state index < -0.39 is 11.9 Å². The molecule has 1 N–H and O–H groups in total. The maximum atomic E-state index is 13.4. The van der Waals surface area contributed by atoms with E-state index in [0.717, 1.165) is 11.1 Å². The average Bonchev–Trinajstić information content (AvgIpc) is 2.39. The first-order valence-corrected chi connectivity index (χ1v) is 7.47. The van der Waals surface area contributed by atoms with Crippen LogP contribution in [0.2, 0.25) is 0 Å². The van der Waals surface area contributed by atoms with E-state index in [2.05, 4.69) is 15.9 Å². The third-order valence-electron chi connectivity index (χ3n) is 3.48. The molecular weight excluding hydrogens is 335 g/mol. The molecule has 0 bridgehead atoms. The van der Waals surface area contributed by atoms with Gasteiger partial charge in [-0.15, -0.1) is 0 Å². The monoisotopic (exact) mass is 350 g/mol.